The van der Waals surface area contributed by atoms with Gasteiger partial charge in [0.1, 0.15) is 11.6 Å². The second-order valence-electron chi connectivity index (χ2n) is 6.42. The Labute approximate surface area is 165 Å². The van der Waals surface area contributed by atoms with Gasteiger partial charge in [0.2, 0.25) is 11.9 Å². The molecule has 0 saturated heterocycles. The summed E-state index contributed by atoms with van der Waals surface area (Å²) in [5.41, 5.74) is 7.73. The minimum atomic E-state index is -0.307. The van der Waals surface area contributed by atoms with Crippen LogP contribution in [0.1, 0.15) is 0 Å². The molecule has 9 heteroatoms. The lowest BCUT2D eigenvalue weighted by molar-refractivity contribution is -0.111. The number of nitrogens with zero attached hydrogens (tertiary/aromatic N) is 4. The third kappa shape index (κ3) is 5.58. The van der Waals surface area contributed by atoms with Crippen LogP contribution in [0.15, 0.2) is 37.1 Å². The molecule has 2 aromatic rings. The van der Waals surface area contributed by atoms with E-state index >= 15 is 0 Å². The van der Waals surface area contributed by atoms with E-state index in [4.69, 9.17) is 10.5 Å². The lowest BCUT2D eigenvalue weighted by atomic mass is 10.2. The Morgan fingerprint density at radius 2 is 2.04 bits per heavy atom. The molecule has 1 aromatic carbocycles. The predicted molar refractivity (Wildman–Crippen MR) is 113 cm³/mol. The van der Waals surface area contributed by atoms with Gasteiger partial charge in [-0.25, -0.2) is 4.98 Å². The van der Waals surface area contributed by atoms with Crippen LogP contribution in [0, 0.1) is 0 Å². The van der Waals surface area contributed by atoms with Gasteiger partial charge in [0.05, 0.1) is 24.2 Å². The van der Waals surface area contributed by atoms with Crippen molar-refractivity contribution in [3.8, 4) is 5.75 Å². The molecule has 0 radical (unpaired) electrons. The molecule has 150 valence electrons. The molecule has 2 rings (SSSR count). The zero-order chi connectivity index (χ0) is 20.7. The number of benzene rings is 1. The summed E-state index contributed by atoms with van der Waals surface area (Å²) in [7, 11) is 7.54. The van der Waals surface area contributed by atoms with Crippen LogP contribution in [-0.2, 0) is 4.79 Å². The minimum Gasteiger partial charge on any atom is -0.494 e. The standard InChI is InChI=1S/C19H27N7O2/c1-6-18(27)22-13-11-14(23-19-21-8-7-17(20)24-19)16(28-5)12-15(13)26(4)10-9-25(2)3/h6-8,11-12H,1,9-10H2,2-5H3,(H,22,27)(H3,20,21,23,24). The molecule has 1 aromatic heterocycles. The number of carbonyl (C=O) groups is 1. The fourth-order valence-electron chi connectivity index (χ4n) is 2.46. The minimum absolute atomic E-state index is 0.307. The predicted octanol–water partition coefficient (Wildman–Crippen LogP) is 1.93. The number of nitrogens with two attached hydrogens (primary N) is 1. The third-order valence-electron chi connectivity index (χ3n) is 3.98. The van der Waals surface area contributed by atoms with Crippen LogP contribution in [0.2, 0.25) is 0 Å². The first-order chi connectivity index (χ1) is 13.3. The number of anilines is 5. The lowest BCUT2D eigenvalue weighted by Gasteiger charge is -2.25. The van der Waals surface area contributed by atoms with Crippen molar-refractivity contribution >= 4 is 34.7 Å². The summed E-state index contributed by atoms with van der Waals surface area (Å²) in [6, 6.07) is 5.22. The van der Waals surface area contributed by atoms with Crippen LogP contribution in [0.5, 0.6) is 5.75 Å². The van der Waals surface area contributed by atoms with Crippen molar-refractivity contribution in [3.63, 3.8) is 0 Å². The number of methoxy groups -OCH3 is 1. The topological polar surface area (TPSA) is 109 Å². The highest BCUT2D eigenvalue weighted by Crippen LogP contribution is 2.37. The van der Waals surface area contributed by atoms with E-state index in [1.165, 1.54) is 6.08 Å². The smallest absolute Gasteiger partial charge is 0.247 e. The first-order valence-electron chi connectivity index (χ1n) is 8.71. The number of hydrogen-bond donors (Lipinski definition) is 3. The number of aromatic nitrogens is 2. The van der Waals surface area contributed by atoms with E-state index in [0.29, 0.717) is 28.9 Å². The maximum Gasteiger partial charge on any atom is 0.247 e. The Morgan fingerprint density at radius 3 is 2.64 bits per heavy atom. The Bertz CT molecular complexity index is 839. The Kier molecular flexibility index (Phi) is 7.16. The molecular weight excluding hydrogens is 358 g/mol. The fraction of sp³-hybridized carbons (Fsp3) is 0.316. The average Bonchev–Trinajstić information content (AvgIpc) is 2.66. The quantitative estimate of drug-likeness (QED) is 0.562. The van der Waals surface area contributed by atoms with Gasteiger partial charge in [0.25, 0.3) is 0 Å². The first-order valence-corrected chi connectivity index (χ1v) is 8.71. The van der Waals surface area contributed by atoms with Gasteiger partial charge in [-0.1, -0.05) is 6.58 Å². The number of hydrogen-bond acceptors (Lipinski definition) is 8. The number of likely N-dealkylation sites (N-methyl/N-ethyl adjacent to an activating group) is 2. The zero-order valence-electron chi connectivity index (χ0n) is 16.7. The molecule has 4 N–H and O–H groups in total. The summed E-state index contributed by atoms with van der Waals surface area (Å²) in [4.78, 5) is 24.4. The van der Waals surface area contributed by atoms with Crippen molar-refractivity contribution in [1.29, 1.82) is 0 Å². The molecule has 0 aliphatic heterocycles. The Balaban J connectivity index is 2.44. The van der Waals surface area contributed by atoms with Crippen molar-refractivity contribution in [2.24, 2.45) is 0 Å². The van der Waals surface area contributed by atoms with Gasteiger partial charge in [0, 0.05) is 32.4 Å². The van der Waals surface area contributed by atoms with E-state index in [-0.39, 0.29) is 5.91 Å². The molecular formula is C19H27N7O2. The fourth-order valence-corrected chi connectivity index (χ4v) is 2.46. The highest BCUT2D eigenvalue weighted by molar-refractivity contribution is 6.02. The highest BCUT2D eigenvalue weighted by atomic mass is 16.5. The number of amides is 1. The van der Waals surface area contributed by atoms with E-state index in [1.807, 2.05) is 32.1 Å². The molecule has 1 amide bonds. The maximum atomic E-state index is 11.9. The SMILES string of the molecule is C=CC(=O)Nc1cc(Nc2nccc(N)n2)c(OC)cc1N(C)CCN(C)C. The lowest BCUT2D eigenvalue weighted by Crippen LogP contribution is -2.29. The summed E-state index contributed by atoms with van der Waals surface area (Å²) in [6.45, 7) is 5.13. The molecule has 0 spiro atoms. The van der Waals surface area contributed by atoms with Gasteiger partial charge >= 0.3 is 0 Å². The van der Waals surface area contributed by atoms with E-state index in [0.717, 1.165) is 18.8 Å². The molecule has 28 heavy (non-hydrogen) atoms. The van der Waals surface area contributed by atoms with Crippen LogP contribution in [0.4, 0.5) is 28.8 Å². The largest absolute Gasteiger partial charge is 0.494 e. The molecule has 9 nitrogen and oxygen atoms in total. The summed E-state index contributed by atoms with van der Waals surface area (Å²) >= 11 is 0. The van der Waals surface area contributed by atoms with Crippen molar-refractivity contribution in [1.82, 2.24) is 14.9 Å². The van der Waals surface area contributed by atoms with Gasteiger partial charge in [-0.3, -0.25) is 4.79 Å². The third-order valence-corrected chi connectivity index (χ3v) is 3.98. The summed E-state index contributed by atoms with van der Waals surface area (Å²) in [6.07, 6.45) is 2.78. The van der Waals surface area contributed by atoms with Crippen LogP contribution in [0.3, 0.4) is 0 Å². The second-order valence-corrected chi connectivity index (χ2v) is 6.42. The van der Waals surface area contributed by atoms with Crippen LogP contribution < -0.4 is 26.0 Å². The maximum absolute atomic E-state index is 11.9. The molecule has 0 bridgehead atoms. The molecule has 0 saturated carbocycles. The number of nitrogen functional groups attached to an aromatic ring is 1. The van der Waals surface area contributed by atoms with Crippen LogP contribution in [-0.4, -0.2) is 62.1 Å². The molecule has 1 heterocycles. The van der Waals surface area contributed by atoms with Gasteiger partial charge in [0.15, 0.2) is 0 Å². The van der Waals surface area contributed by atoms with Gasteiger partial charge in [-0.05, 0) is 32.3 Å². The van der Waals surface area contributed by atoms with E-state index < -0.39 is 0 Å². The zero-order valence-corrected chi connectivity index (χ0v) is 16.7. The van der Waals surface area contributed by atoms with Gasteiger partial charge < -0.3 is 30.9 Å². The summed E-state index contributed by atoms with van der Waals surface area (Å²) in [5, 5.41) is 5.93. The molecule has 0 unspecified atom stereocenters. The van der Waals surface area contributed by atoms with Crippen LogP contribution >= 0.6 is 0 Å². The van der Waals surface area contributed by atoms with Gasteiger partial charge in [-0.2, -0.15) is 4.98 Å². The first kappa shape index (κ1) is 21.0. The summed E-state index contributed by atoms with van der Waals surface area (Å²) in [5.74, 6) is 0.942. The van der Waals surface area contributed by atoms with Crippen molar-refractivity contribution in [2.45, 2.75) is 0 Å². The Morgan fingerprint density at radius 1 is 1.29 bits per heavy atom. The number of nitrogens with one attached hydrogen (secondary N) is 2. The van der Waals surface area contributed by atoms with E-state index in [1.54, 1.807) is 25.4 Å². The highest BCUT2D eigenvalue weighted by Gasteiger charge is 2.16. The van der Waals surface area contributed by atoms with Crippen LogP contribution in [0.25, 0.3) is 0 Å². The summed E-state index contributed by atoms with van der Waals surface area (Å²) < 4.78 is 5.53. The molecule has 0 aliphatic rings. The number of carbonyl (C=O) groups excluding carboxylic acids is 1. The van der Waals surface area contributed by atoms with Crippen molar-refractivity contribution in [2.75, 3.05) is 62.6 Å². The second kappa shape index (κ2) is 9.56. The van der Waals surface area contributed by atoms with Crippen molar-refractivity contribution in [3.05, 3.63) is 37.1 Å². The van der Waals surface area contributed by atoms with Crippen molar-refractivity contribution < 1.29 is 9.53 Å². The molecule has 0 fully saturated rings. The number of rotatable bonds is 9. The Hall–Kier alpha value is -3.33. The monoisotopic (exact) mass is 385 g/mol. The van der Waals surface area contributed by atoms with E-state index in [9.17, 15) is 4.79 Å². The molecule has 0 atom stereocenters. The average molecular weight is 385 g/mol. The van der Waals surface area contributed by atoms with Gasteiger partial charge in [-0.15, -0.1) is 0 Å². The normalized spacial score (nSPS) is 10.5. The number of ether oxygens (including phenoxy) is 1. The van der Waals surface area contributed by atoms with E-state index in [2.05, 4.69) is 32.1 Å². The molecule has 0 aliphatic carbocycles.